The second kappa shape index (κ2) is 4.65. The lowest BCUT2D eigenvalue weighted by atomic mass is 10.1. The molecule has 0 spiro atoms. The molecule has 2 heterocycles. The predicted molar refractivity (Wildman–Crippen MR) is 67.2 cm³/mol. The molecule has 1 N–H and O–H groups in total. The van der Waals surface area contributed by atoms with Crippen LogP contribution in [0.1, 0.15) is 30.9 Å². The molecule has 88 valence electrons. The number of rotatable bonds is 1. The Hall–Kier alpha value is -0.0900. The fourth-order valence-corrected chi connectivity index (χ4v) is 3.70. The zero-order chi connectivity index (χ0) is 11.0. The molecule has 1 aliphatic heterocycles. The fourth-order valence-electron chi connectivity index (χ4n) is 2.77. The van der Waals surface area contributed by atoms with Crippen LogP contribution in [0.2, 0.25) is 4.34 Å². The van der Waals surface area contributed by atoms with Gasteiger partial charge in [0.2, 0.25) is 0 Å². The van der Waals surface area contributed by atoms with E-state index in [2.05, 4.69) is 10.7 Å². The summed E-state index contributed by atoms with van der Waals surface area (Å²) in [4.78, 5) is 0. The highest BCUT2D eigenvalue weighted by Gasteiger charge is 2.31. The Morgan fingerprint density at radius 3 is 3.19 bits per heavy atom. The second-order valence-corrected chi connectivity index (χ2v) is 6.25. The van der Waals surface area contributed by atoms with Crippen molar-refractivity contribution in [3.63, 3.8) is 0 Å². The van der Waals surface area contributed by atoms with Crippen molar-refractivity contribution >= 4 is 22.9 Å². The maximum Gasteiger partial charge on any atom is 0.0957 e. The van der Waals surface area contributed by atoms with E-state index in [0.717, 1.165) is 23.4 Å². The van der Waals surface area contributed by atoms with Crippen molar-refractivity contribution in [2.75, 3.05) is 13.2 Å². The van der Waals surface area contributed by atoms with E-state index >= 15 is 0 Å². The highest BCUT2D eigenvalue weighted by molar-refractivity contribution is 7.14. The van der Waals surface area contributed by atoms with Gasteiger partial charge in [-0.3, -0.25) is 0 Å². The van der Waals surface area contributed by atoms with E-state index in [1.165, 1.54) is 24.8 Å². The third-order valence-electron chi connectivity index (χ3n) is 3.70. The summed E-state index contributed by atoms with van der Waals surface area (Å²) in [5.41, 5.74) is 1.22. The van der Waals surface area contributed by atoms with Gasteiger partial charge in [-0.25, -0.2) is 0 Å². The third-order valence-corrected chi connectivity index (χ3v) is 4.80. The van der Waals surface area contributed by atoms with Gasteiger partial charge in [0.25, 0.3) is 0 Å². The number of hydrogen-bond acceptors (Lipinski definition) is 3. The number of nitrogens with one attached hydrogen (secondary N) is 1. The molecule has 0 amide bonds. The van der Waals surface area contributed by atoms with E-state index < -0.39 is 0 Å². The molecule has 0 aromatic carbocycles. The van der Waals surface area contributed by atoms with Crippen LogP contribution in [0.4, 0.5) is 0 Å². The van der Waals surface area contributed by atoms with Crippen LogP contribution in [0.5, 0.6) is 0 Å². The Balaban J connectivity index is 1.70. The molecule has 16 heavy (non-hydrogen) atoms. The van der Waals surface area contributed by atoms with Crippen molar-refractivity contribution in [2.45, 2.75) is 31.4 Å². The molecule has 1 aromatic heterocycles. The predicted octanol–water partition coefficient (Wildman–Crippen LogP) is 3.23. The van der Waals surface area contributed by atoms with Crippen molar-refractivity contribution in [3.8, 4) is 0 Å². The summed E-state index contributed by atoms with van der Waals surface area (Å²) >= 11 is 7.54. The molecular weight excluding hydrogens is 242 g/mol. The minimum absolute atomic E-state index is 0.189. The van der Waals surface area contributed by atoms with Gasteiger partial charge in [-0.1, -0.05) is 18.0 Å². The molecule has 4 heteroatoms. The summed E-state index contributed by atoms with van der Waals surface area (Å²) in [7, 11) is 0. The molecule has 2 aliphatic rings. The Kier molecular flexibility index (Phi) is 3.20. The summed E-state index contributed by atoms with van der Waals surface area (Å²) < 4.78 is 6.85. The Labute approximate surface area is 105 Å². The van der Waals surface area contributed by atoms with Crippen LogP contribution in [-0.2, 0) is 4.74 Å². The number of fused-ring (bicyclic) bond motifs is 1. The molecule has 2 fully saturated rings. The molecular formula is C12H16ClNOS. The van der Waals surface area contributed by atoms with Crippen LogP contribution in [0, 0.1) is 5.92 Å². The number of ether oxygens (including phenoxy) is 1. The zero-order valence-electron chi connectivity index (χ0n) is 9.12. The smallest absolute Gasteiger partial charge is 0.0957 e. The summed E-state index contributed by atoms with van der Waals surface area (Å²) in [5.74, 6) is 0.721. The first kappa shape index (κ1) is 11.0. The SMILES string of the molecule is Clc1cc(C2CNC3CCCC3CO2)cs1. The lowest BCUT2D eigenvalue weighted by Gasteiger charge is -2.14. The van der Waals surface area contributed by atoms with Crippen LogP contribution in [0.15, 0.2) is 11.4 Å². The first-order chi connectivity index (χ1) is 7.83. The van der Waals surface area contributed by atoms with Crippen molar-refractivity contribution in [1.29, 1.82) is 0 Å². The van der Waals surface area contributed by atoms with Crippen LogP contribution in [-0.4, -0.2) is 19.2 Å². The summed E-state index contributed by atoms with van der Waals surface area (Å²) in [6, 6.07) is 2.71. The molecule has 2 nitrogen and oxygen atoms in total. The fraction of sp³-hybridized carbons (Fsp3) is 0.667. The van der Waals surface area contributed by atoms with Crippen LogP contribution in [0.3, 0.4) is 0 Å². The van der Waals surface area contributed by atoms with Crippen molar-refractivity contribution in [1.82, 2.24) is 5.32 Å². The van der Waals surface area contributed by atoms with Gasteiger partial charge in [0, 0.05) is 12.6 Å². The van der Waals surface area contributed by atoms with E-state index in [4.69, 9.17) is 16.3 Å². The number of thiophene rings is 1. The summed E-state index contributed by atoms with van der Waals surface area (Å²) in [6.07, 6.45) is 4.16. The summed E-state index contributed by atoms with van der Waals surface area (Å²) in [6.45, 7) is 1.82. The first-order valence-corrected chi connectivity index (χ1v) is 7.17. The van der Waals surface area contributed by atoms with Gasteiger partial charge in [0.05, 0.1) is 17.0 Å². The van der Waals surface area contributed by atoms with Crippen LogP contribution < -0.4 is 5.32 Å². The summed E-state index contributed by atoms with van der Waals surface area (Å²) in [5, 5.41) is 5.74. The monoisotopic (exact) mass is 257 g/mol. The van der Waals surface area contributed by atoms with Crippen molar-refractivity contribution in [2.24, 2.45) is 5.92 Å². The Morgan fingerprint density at radius 2 is 2.38 bits per heavy atom. The minimum Gasteiger partial charge on any atom is -0.372 e. The van der Waals surface area contributed by atoms with Gasteiger partial charge in [-0.15, -0.1) is 11.3 Å². The van der Waals surface area contributed by atoms with E-state index in [9.17, 15) is 0 Å². The molecule has 0 bridgehead atoms. The maximum absolute atomic E-state index is 6.00. The average Bonchev–Trinajstić information content (AvgIpc) is 2.85. The van der Waals surface area contributed by atoms with Gasteiger partial charge >= 0.3 is 0 Å². The molecule has 1 saturated carbocycles. The zero-order valence-corrected chi connectivity index (χ0v) is 10.7. The molecule has 1 aromatic rings. The number of hydrogen-bond donors (Lipinski definition) is 1. The van der Waals surface area contributed by atoms with Gasteiger partial charge in [-0.05, 0) is 35.8 Å². The average molecular weight is 258 g/mol. The van der Waals surface area contributed by atoms with E-state index in [0.29, 0.717) is 6.04 Å². The van der Waals surface area contributed by atoms with E-state index in [1.807, 2.05) is 6.07 Å². The van der Waals surface area contributed by atoms with Gasteiger partial charge in [0.1, 0.15) is 0 Å². The highest BCUT2D eigenvalue weighted by atomic mass is 35.5. The van der Waals surface area contributed by atoms with Crippen molar-refractivity contribution < 1.29 is 4.74 Å². The molecule has 1 aliphatic carbocycles. The molecule has 1 saturated heterocycles. The van der Waals surface area contributed by atoms with Crippen molar-refractivity contribution in [3.05, 3.63) is 21.3 Å². The van der Waals surface area contributed by atoms with Gasteiger partial charge in [0.15, 0.2) is 0 Å². The van der Waals surface area contributed by atoms with Crippen LogP contribution in [0.25, 0.3) is 0 Å². The minimum atomic E-state index is 0.189. The largest absolute Gasteiger partial charge is 0.372 e. The van der Waals surface area contributed by atoms with Gasteiger partial charge < -0.3 is 10.1 Å². The highest BCUT2D eigenvalue weighted by Crippen LogP contribution is 2.33. The van der Waals surface area contributed by atoms with E-state index in [-0.39, 0.29) is 6.10 Å². The lowest BCUT2D eigenvalue weighted by Crippen LogP contribution is -2.32. The second-order valence-electron chi connectivity index (χ2n) is 4.71. The maximum atomic E-state index is 6.00. The lowest BCUT2D eigenvalue weighted by molar-refractivity contribution is 0.0476. The molecule has 3 unspecified atom stereocenters. The van der Waals surface area contributed by atoms with E-state index in [1.54, 1.807) is 11.3 Å². The van der Waals surface area contributed by atoms with Crippen LogP contribution >= 0.6 is 22.9 Å². The quantitative estimate of drug-likeness (QED) is 0.834. The number of halogens is 1. The molecule has 3 atom stereocenters. The van der Waals surface area contributed by atoms with Gasteiger partial charge in [-0.2, -0.15) is 0 Å². The third kappa shape index (κ3) is 2.14. The molecule has 3 rings (SSSR count). The normalized spacial score (nSPS) is 34.7. The topological polar surface area (TPSA) is 21.3 Å². The Morgan fingerprint density at radius 1 is 1.44 bits per heavy atom. The Bertz CT molecular complexity index is 354. The first-order valence-electron chi connectivity index (χ1n) is 5.92. The standard InChI is InChI=1S/C12H16ClNOS/c13-12-4-9(7-16-12)11-5-14-10-3-1-2-8(10)6-15-11/h4,7-8,10-11,14H,1-3,5-6H2. The molecule has 0 radical (unpaired) electrons.